The van der Waals surface area contributed by atoms with Crippen LogP contribution >= 0.6 is 0 Å². The molecule has 5 nitrogen and oxygen atoms in total. The van der Waals surface area contributed by atoms with Gasteiger partial charge < -0.3 is 15.0 Å². The summed E-state index contributed by atoms with van der Waals surface area (Å²) in [6.45, 7) is 3.23. The zero-order chi connectivity index (χ0) is 17.6. The first-order valence-electron chi connectivity index (χ1n) is 8.51. The molecule has 2 aromatic carbocycles. The van der Waals surface area contributed by atoms with Crippen molar-refractivity contribution in [2.45, 2.75) is 25.8 Å². The molecule has 0 spiro atoms. The van der Waals surface area contributed by atoms with E-state index in [2.05, 4.69) is 5.32 Å². The van der Waals surface area contributed by atoms with Crippen LogP contribution in [0.4, 0.5) is 4.79 Å². The fourth-order valence-corrected chi connectivity index (χ4v) is 2.98. The van der Waals surface area contributed by atoms with Crippen molar-refractivity contribution in [1.29, 1.82) is 0 Å². The number of carbonyl (C=O) groups excluding carboxylic acids is 2. The molecule has 3 rings (SSSR count). The smallest absolute Gasteiger partial charge is 0.410 e. The Balaban J connectivity index is 1.48. The summed E-state index contributed by atoms with van der Waals surface area (Å²) in [5, 5.41) is 2.88. The number of hydrogen-bond donors (Lipinski definition) is 1. The third-order valence-corrected chi connectivity index (χ3v) is 4.32. The summed E-state index contributed by atoms with van der Waals surface area (Å²) in [7, 11) is 0. The van der Waals surface area contributed by atoms with Crippen LogP contribution in [0.1, 0.15) is 28.8 Å². The maximum Gasteiger partial charge on any atom is 0.412 e. The second-order valence-electron chi connectivity index (χ2n) is 6.28. The highest BCUT2D eigenvalue weighted by Crippen LogP contribution is 2.15. The Hall–Kier alpha value is -2.82. The molecular formula is C20H22N2O3. The number of likely N-dealkylation sites (tertiary alicyclic amines) is 1. The van der Waals surface area contributed by atoms with Gasteiger partial charge >= 0.3 is 6.09 Å². The summed E-state index contributed by atoms with van der Waals surface area (Å²) in [5.41, 5.74) is 1.79. The first kappa shape index (κ1) is 17.0. The highest BCUT2D eigenvalue weighted by molar-refractivity contribution is 5.94. The van der Waals surface area contributed by atoms with Crippen LogP contribution in [0.15, 0.2) is 54.6 Å². The third kappa shape index (κ3) is 4.59. The predicted octanol–water partition coefficient (Wildman–Crippen LogP) is 3.39. The van der Waals surface area contributed by atoms with Crippen LogP contribution in [0.2, 0.25) is 0 Å². The number of para-hydroxylation sites is 1. The Morgan fingerprint density at radius 1 is 1.04 bits per heavy atom. The number of nitrogens with zero attached hydrogens (tertiary/aromatic N) is 1. The van der Waals surface area contributed by atoms with Crippen molar-refractivity contribution in [1.82, 2.24) is 10.2 Å². The Morgan fingerprint density at radius 2 is 1.76 bits per heavy atom. The molecule has 0 aliphatic carbocycles. The highest BCUT2D eigenvalue weighted by Gasteiger charge is 2.25. The van der Waals surface area contributed by atoms with E-state index in [1.165, 1.54) is 0 Å². The lowest BCUT2D eigenvalue weighted by Gasteiger charge is -2.32. The fraction of sp³-hybridized carbons (Fsp3) is 0.300. The zero-order valence-electron chi connectivity index (χ0n) is 14.3. The lowest BCUT2D eigenvalue weighted by Crippen LogP contribution is -2.47. The molecular weight excluding hydrogens is 316 g/mol. The molecule has 1 saturated heterocycles. The average Bonchev–Trinajstić information content (AvgIpc) is 2.62. The molecule has 1 aliphatic rings. The van der Waals surface area contributed by atoms with Crippen LogP contribution in [0.25, 0.3) is 0 Å². The van der Waals surface area contributed by atoms with Gasteiger partial charge in [-0.15, -0.1) is 0 Å². The second-order valence-corrected chi connectivity index (χ2v) is 6.28. The van der Waals surface area contributed by atoms with E-state index in [-0.39, 0.29) is 11.9 Å². The fourth-order valence-electron chi connectivity index (χ4n) is 2.98. The molecule has 0 aromatic heterocycles. The van der Waals surface area contributed by atoms with E-state index in [0.29, 0.717) is 18.8 Å². The van der Waals surface area contributed by atoms with Gasteiger partial charge in [-0.3, -0.25) is 4.79 Å². The highest BCUT2D eigenvalue weighted by atomic mass is 16.6. The van der Waals surface area contributed by atoms with Crippen molar-refractivity contribution in [3.05, 3.63) is 65.7 Å². The normalized spacial score (nSPS) is 14.8. The average molecular weight is 338 g/mol. The van der Waals surface area contributed by atoms with Crippen molar-refractivity contribution >= 4 is 12.0 Å². The number of ether oxygens (including phenoxy) is 1. The van der Waals surface area contributed by atoms with Crippen LogP contribution in [0.3, 0.4) is 0 Å². The Bertz CT molecular complexity index is 738. The van der Waals surface area contributed by atoms with Gasteiger partial charge in [0.1, 0.15) is 5.75 Å². The SMILES string of the molecule is Cc1cccc(C(=O)N2CCC(NC(=O)Oc3ccccc3)CC2)c1. The minimum Gasteiger partial charge on any atom is -0.410 e. The van der Waals surface area contributed by atoms with E-state index >= 15 is 0 Å². The quantitative estimate of drug-likeness (QED) is 0.933. The lowest BCUT2D eigenvalue weighted by molar-refractivity contribution is 0.0706. The molecule has 0 unspecified atom stereocenters. The molecule has 5 heteroatoms. The van der Waals surface area contributed by atoms with Gasteiger partial charge in [0, 0.05) is 24.7 Å². The molecule has 0 saturated carbocycles. The van der Waals surface area contributed by atoms with Crippen molar-refractivity contribution < 1.29 is 14.3 Å². The molecule has 1 fully saturated rings. The van der Waals surface area contributed by atoms with Gasteiger partial charge in [-0.1, -0.05) is 35.9 Å². The van der Waals surface area contributed by atoms with Gasteiger partial charge in [0.05, 0.1) is 0 Å². The Kier molecular flexibility index (Phi) is 5.33. The van der Waals surface area contributed by atoms with Crippen LogP contribution in [-0.4, -0.2) is 36.0 Å². The topological polar surface area (TPSA) is 58.6 Å². The molecule has 2 aromatic rings. The number of benzene rings is 2. The van der Waals surface area contributed by atoms with E-state index in [1.54, 1.807) is 12.1 Å². The van der Waals surface area contributed by atoms with E-state index < -0.39 is 6.09 Å². The summed E-state index contributed by atoms with van der Waals surface area (Å²) in [4.78, 5) is 26.3. The lowest BCUT2D eigenvalue weighted by atomic mass is 10.0. The van der Waals surface area contributed by atoms with E-state index in [9.17, 15) is 9.59 Å². The molecule has 2 amide bonds. The number of piperidine rings is 1. The number of amides is 2. The molecule has 0 radical (unpaired) electrons. The van der Waals surface area contributed by atoms with Gasteiger partial charge in [0.25, 0.3) is 5.91 Å². The molecule has 1 N–H and O–H groups in total. The number of rotatable bonds is 3. The van der Waals surface area contributed by atoms with Crippen LogP contribution in [0.5, 0.6) is 5.75 Å². The van der Waals surface area contributed by atoms with Gasteiger partial charge in [-0.25, -0.2) is 4.79 Å². The van der Waals surface area contributed by atoms with Crippen LogP contribution < -0.4 is 10.1 Å². The van der Waals surface area contributed by atoms with Crippen molar-refractivity contribution in [3.8, 4) is 5.75 Å². The van der Waals surface area contributed by atoms with Crippen molar-refractivity contribution in [2.75, 3.05) is 13.1 Å². The predicted molar refractivity (Wildman–Crippen MR) is 95.7 cm³/mol. The molecule has 130 valence electrons. The number of nitrogens with one attached hydrogen (secondary N) is 1. The number of carbonyl (C=O) groups is 2. The van der Waals surface area contributed by atoms with E-state index in [0.717, 1.165) is 24.0 Å². The summed E-state index contributed by atoms with van der Waals surface area (Å²) in [5.74, 6) is 0.570. The van der Waals surface area contributed by atoms with E-state index in [1.807, 2.05) is 54.3 Å². The van der Waals surface area contributed by atoms with Crippen LogP contribution in [-0.2, 0) is 0 Å². The largest absolute Gasteiger partial charge is 0.412 e. The number of aryl methyl sites for hydroxylation is 1. The zero-order valence-corrected chi connectivity index (χ0v) is 14.3. The summed E-state index contributed by atoms with van der Waals surface area (Å²) < 4.78 is 5.24. The van der Waals surface area contributed by atoms with E-state index in [4.69, 9.17) is 4.74 Å². The number of hydrogen-bond acceptors (Lipinski definition) is 3. The maximum absolute atomic E-state index is 12.5. The molecule has 25 heavy (non-hydrogen) atoms. The summed E-state index contributed by atoms with van der Waals surface area (Å²) in [6, 6.07) is 16.6. The molecule has 1 heterocycles. The molecule has 1 aliphatic heterocycles. The van der Waals surface area contributed by atoms with Crippen molar-refractivity contribution in [2.24, 2.45) is 0 Å². The first-order chi connectivity index (χ1) is 12.1. The monoisotopic (exact) mass is 338 g/mol. The first-order valence-corrected chi connectivity index (χ1v) is 8.51. The summed E-state index contributed by atoms with van der Waals surface area (Å²) in [6.07, 6.45) is 0.998. The second kappa shape index (κ2) is 7.83. The molecule has 0 atom stereocenters. The maximum atomic E-state index is 12.5. The van der Waals surface area contributed by atoms with Gasteiger partial charge in [-0.2, -0.15) is 0 Å². The summed E-state index contributed by atoms with van der Waals surface area (Å²) >= 11 is 0. The standard InChI is InChI=1S/C20H22N2O3/c1-15-6-5-7-16(14-15)19(23)22-12-10-17(11-13-22)21-20(24)25-18-8-3-2-4-9-18/h2-9,14,17H,10-13H2,1H3,(H,21,24). The minimum atomic E-state index is -0.449. The van der Waals surface area contributed by atoms with Gasteiger partial charge in [0.15, 0.2) is 0 Å². The van der Waals surface area contributed by atoms with Crippen LogP contribution in [0, 0.1) is 6.92 Å². The Labute approximate surface area is 147 Å². The van der Waals surface area contributed by atoms with Crippen molar-refractivity contribution in [3.63, 3.8) is 0 Å². The minimum absolute atomic E-state index is 0.0257. The van der Waals surface area contributed by atoms with Gasteiger partial charge in [0.2, 0.25) is 0 Å². The molecule has 0 bridgehead atoms. The third-order valence-electron chi connectivity index (χ3n) is 4.32. The Morgan fingerprint density at radius 3 is 2.44 bits per heavy atom. The van der Waals surface area contributed by atoms with Gasteiger partial charge in [-0.05, 0) is 44.0 Å².